The van der Waals surface area contributed by atoms with Crippen molar-refractivity contribution in [1.29, 1.82) is 0 Å². The molecule has 2 rings (SSSR count). The molecule has 0 aliphatic rings. The molecular weight excluding hydrogens is 284 g/mol. The van der Waals surface area contributed by atoms with Crippen molar-refractivity contribution in [3.63, 3.8) is 0 Å². The summed E-state index contributed by atoms with van der Waals surface area (Å²) in [6, 6.07) is 5.96. The van der Waals surface area contributed by atoms with Crippen LogP contribution in [0.15, 0.2) is 18.2 Å². The second kappa shape index (κ2) is 6.91. The highest BCUT2D eigenvalue weighted by atomic mass is 32.1. The fourth-order valence-corrected chi connectivity index (χ4v) is 3.39. The van der Waals surface area contributed by atoms with Crippen LogP contribution in [0.2, 0.25) is 0 Å². The SMILES string of the molecule is COc1ccc(Cc2nc(C(C)C)c(CN)s2)cc1OC. The van der Waals surface area contributed by atoms with Crippen molar-refractivity contribution < 1.29 is 9.47 Å². The second-order valence-corrected chi connectivity index (χ2v) is 6.31. The molecule has 0 aliphatic carbocycles. The summed E-state index contributed by atoms with van der Waals surface area (Å²) >= 11 is 1.70. The Kier molecular flexibility index (Phi) is 5.20. The topological polar surface area (TPSA) is 57.4 Å². The normalized spacial score (nSPS) is 11.0. The number of nitrogens with two attached hydrogens (primary N) is 1. The van der Waals surface area contributed by atoms with Gasteiger partial charge in [-0.25, -0.2) is 4.98 Å². The molecule has 0 spiro atoms. The Morgan fingerprint density at radius 3 is 2.43 bits per heavy atom. The maximum atomic E-state index is 5.81. The first-order valence-corrected chi connectivity index (χ1v) is 7.80. The number of methoxy groups -OCH3 is 2. The molecule has 21 heavy (non-hydrogen) atoms. The molecule has 1 aromatic heterocycles. The molecule has 0 aliphatic heterocycles. The van der Waals surface area contributed by atoms with Gasteiger partial charge in [0.15, 0.2) is 11.5 Å². The van der Waals surface area contributed by atoms with Crippen LogP contribution in [-0.4, -0.2) is 19.2 Å². The lowest BCUT2D eigenvalue weighted by Gasteiger charge is -2.08. The molecule has 2 aromatic rings. The van der Waals surface area contributed by atoms with E-state index in [-0.39, 0.29) is 0 Å². The van der Waals surface area contributed by atoms with Crippen molar-refractivity contribution >= 4 is 11.3 Å². The largest absolute Gasteiger partial charge is 0.493 e. The zero-order chi connectivity index (χ0) is 15.4. The van der Waals surface area contributed by atoms with Crippen LogP contribution in [0.4, 0.5) is 0 Å². The Morgan fingerprint density at radius 2 is 1.90 bits per heavy atom. The summed E-state index contributed by atoms with van der Waals surface area (Å²) in [7, 11) is 3.29. The lowest BCUT2D eigenvalue weighted by molar-refractivity contribution is 0.354. The number of hydrogen-bond donors (Lipinski definition) is 1. The lowest BCUT2D eigenvalue weighted by atomic mass is 10.1. The molecular formula is C16H22N2O2S. The van der Waals surface area contributed by atoms with Crippen molar-refractivity contribution in [2.24, 2.45) is 5.73 Å². The highest BCUT2D eigenvalue weighted by Crippen LogP contribution is 2.30. The predicted octanol–water partition coefficient (Wildman–Crippen LogP) is 3.33. The second-order valence-electron chi connectivity index (χ2n) is 5.14. The third-order valence-corrected chi connectivity index (χ3v) is 4.40. The molecule has 0 amide bonds. The highest BCUT2D eigenvalue weighted by Gasteiger charge is 2.14. The van der Waals surface area contributed by atoms with E-state index in [9.17, 15) is 0 Å². The Morgan fingerprint density at radius 1 is 1.19 bits per heavy atom. The van der Waals surface area contributed by atoms with Crippen LogP contribution in [-0.2, 0) is 13.0 Å². The van der Waals surface area contributed by atoms with Crippen molar-refractivity contribution in [2.75, 3.05) is 14.2 Å². The maximum absolute atomic E-state index is 5.81. The lowest BCUT2D eigenvalue weighted by Crippen LogP contribution is -1.99. The molecule has 4 nitrogen and oxygen atoms in total. The van der Waals surface area contributed by atoms with Gasteiger partial charge in [-0.05, 0) is 23.6 Å². The zero-order valence-corrected chi connectivity index (χ0v) is 13.8. The average molecular weight is 306 g/mol. The minimum Gasteiger partial charge on any atom is -0.493 e. The van der Waals surface area contributed by atoms with Crippen LogP contribution in [0.1, 0.15) is 40.9 Å². The number of rotatable bonds is 6. The van der Waals surface area contributed by atoms with Crippen LogP contribution in [0.5, 0.6) is 11.5 Å². The summed E-state index contributed by atoms with van der Waals surface area (Å²) < 4.78 is 10.6. The van der Waals surface area contributed by atoms with E-state index in [0.29, 0.717) is 12.5 Å². The standard InChI is InChI=1S/C16H22N2O2S/c1-10(2)16-14(9-17)21-15(18-16)8-11-5-6-12(19-3)13(7-11)20-4/h5-7,10H,8-9,17H2,1-4H3. The van der Waals surface area contributed by atoms with Gasteiger partial charge < -0.3 is 15.2 Å². The van der Waals surface area contributed by atoms with Gasteiger partial charge in [-0.15, -0.1) is 11.3 Å². The average Bonchev–Trinajstić information content (AvgIpc) is 2.90. The number of hydrogen-bond acceptors (Lipinski definition) is 5. The van der Waals surface area contributed by atoms with Gasteiger partial charge in [0, 0.05) is 17.8 Å². The highest BCUT2D eigenvalue weighted by molar-refractivity contribution is 7.11. The maximum Gasteiger partial charge on any atom is 0.160 e. The van der Waals surface area contributed by atoms with Crippen LogP contribution < -0.4 is 15.2 Å². The van der Waals surface area contributed by atoms with Crippen molar-refractivity contribution in [1.82, 2.24) is 4.98 Å². The van der Waals surface area contributed by atoms with E-state index >= 15 is 0 Å². The van der Waals surface area contributed by atoms with E-state index in [4.69, 9.17) is 20.2 Å². The third-order valence-electron chi connectivity index (χ3n) is 3.31. The summed E-state index contributed by atoms with van der Waals surface area (Å²) in [6.45, 7) is 4.85. The summed E-state index contributed by atoms with van der Waals surface area (Å²) in [5, 5.41) is 1.09. The Balaban J connectivity index is 2.26. The van der Waals surface area contributed by atoms with Gasteiger partial charge in [0.25, 0.3) is 0 Å². The number of aromatic nitrogens is 1. The number of thiazole rings is 1. The zero-order valence-electron chi connectivity index (χ0n) is 13.0. The summed E-state index contributed by atoms with van der Waals surface area (Å²) in [6.07, 6.45) is 0.782. The molecule has 5 heteroatoms. The Hall–Kier alpha value is -1.59. The van der Waals surface area contributed by atoms with Gasteiger partial charge in [0.2, 0.25) is 0 Å². The smallest absolute Gasteiger partial charge is 0.160 e. The minimum absolute atomic E-state index is 0.402. The van der Waals surface area contributed by atoms with Gasteiger partial charge in [-0.1, -0.05) is 19.9 Å². The number of ether oxygens (including phenoxy) is 2. The van der Waals surface area contributed by atoms with E-state index < -0.39 is 0 Å². The van der Waals surface area contributed by atoms with Crippen LogP contribution in [0, 0.1) is 0 Å². The molecule has 0 bridgehead atoms. The van der Waals surface area contributed by atoms with Crippen molar-refractivity contribution in [3.05, 3.63) is 39.3 Å². The van der Waals surface area contributed by atoms with Crippen LogP contribution in [0.25, 0.3) is 0 Å². The molecule has 0 unspecified atom stereocenters. The van der Waals surface area contributed by atoms with Gasteiger partial charge in [0.05, 0.1) is 24.9 Å². The van der Waals surface area contributed by atoms with Gasteiger partial charge in [-0.3, -0.25) is 0 Å². The van der Waals surface area contributed by atoms with Crippen LogP contribution in [0.3, 0.4) is 0 Å². The fraction of sp³-hybridized carbons (Fsp3) is 0.438. The van der Waals surface area contributed by atoms with E-state index in [1.54, 1.807) is 25.6 Å². The molecule has 1 aromatic carbocycles. The summed E-state index contributed by atoms with van der Waals surface area (Å²) in [4.78, 5) is 5.92. The van der Waals surface area contributed by atoms with Gasteiger partial charge in [-0.2, -0.15) is 0 Å². The van der Waals surface area contributed by atoms with Crippen molar-refractivity contribution in [3.8, 4) is 11.5 Å². The van der Waals surface area contributed by atoms with Crippen molar-refractivity contribution in [2.45, 2.75) is 32.7 Å². The van der Waals surface area contributed by atoms with Gasteiger partial charge >= 0.3 is 0 Å². The third kappa shape index (κ3) is 3.54. The molecule has 1 heterocycles. The fourth-order valence-electron chi connectivity index (χ4n) is 2.25. The van der Waals surface area contributed by atoms with Gasteiger partial charge in [0.1, 0.15) is 0 Å². The first-order chi connectivity index (χ1) is 10.1. The molecule has 0 fully saturated rings. The van der Waals surface area contributed by atoms with E-state index in [1.165, 1.54) is 4.88 Å². The molecule has 0 radical (unpaired) electrons. The quantitative estimate of drug-likeness (QED) is 0.889. The Bertz CT molecular complexity index is 608. The summed E-state index contributed by atoms with van der Waals surface area (Å²) in [5.74, 6) is 1.89. The molecule has 0 saturated carbocycles. The number of nitrogens with zero attached hydrogens (tertiary/aromatic N) is 1. The first kappa shape index (κ1) is 15.8. The molecule has 0 saturated heterocycles. The predicted molar refractivity (Wildman–Crippen MR) is 86.4 cm³/mol. The van der Waals surface area contributed by atoms with E-state index in [1.807, 2.05) is 18.2 Å². The molecule has 2 N–H and O–H groups in total. The molecule has 114 valence electrons. The van der Waals surface area contributed by atoms with Crippen LogP contribution >= 0.6 is 11.3 Å². The van der Waals surface area contributed by atoms with E-state index in [0.717, 1.165) is 34.2 Å². The summed E-state index contributed by atoms with van der Waals surface area (Å²) in [5.41, 5.74) is 8.09. The first-order valence-electron chi connectivity index (χ1n) is 6.98. The molecule has 0 atom stereocenters. The number of benzene rings is 1. The van der Waals surface area contributed by atoms with E-state index in [2.05, 4.69) is 13.8 Å². The minimum atomic E-state index is 0.402. The monoisotopic (exact) mass is 306 g/mol. The Labute approximate surface area is 129 Å².